The fourth-order valence-electron chi connectivity index (χ4n) is 2.42. The van der Waals surface area contributed by atoms with E-state index >= 15 is 0 Å². The van der Waals surface area contributed by atoms with Crippen molar-refractivity contribution in [1.29, 1.82) is 0 Å². The zero-order valence-corrected chi connectivity index (χ0v) is 14.1. The van der Waals surface area contributed by atoms with Gasteiger partial charge in [0.15, 0.2) is 0 Å². The highest BCUT2D eigenvalue weighted by Gasteiger charge is 2.14. The molecule has 7 heteroatoms. The summed E-state index contributed by atoms with van der Waals surface area (Å²) in [4.78, 5) is 22.9. The number of nitrogens with one attached hydrogen (secondary N) is 1. The number of non-ortho nitro benzene ring substituents is 1. The SMILES string of the molecule is O=C(Nc1cccc([N+](=O)[O-])c1)c1ccccc1OCc1ccc(F)cc1. The monoisotopic (exact) mass is 366 g/mol. The van der Waals surface area contributed by atoms with Crippen molar-refractivity contribution >= 4 is 17.3 Å². The average Bonchev–Trinajstić information content (AvgIpc) is 2.68. The molecule has 1 amide bonds. The maximum absolute atomic E-state index is 13.0. The van der Waals surface area contributed by atoms with Gasteiger partial charge in [-0.1, -0.05) is 30.3 Å². The largest absolute Gasteiger partial charge is 0.488 e. The predicted octanol–water partition coefficient (Wildman–Crippen LogP) is 4.57. The molecule has 0 atom stereocenters. The lowest BCUT2D eigenvalue weighted by molar-refractivity contribution is -0.384. The van der Waals surface area contributed by atoms with Gasteiger partial charge in [-0.15, -0.1) is 0 Å². The first-order valence-electron chi connectivity index (χ1n) is 8.05. The minimum absolute atomic E-state index is 0.117. The molecular formula is C20H15FN2O4. The first-order valence-corrected chi connectivity index (χ1v) is 8.05. The summed E-state index contributed by atoms with van der Waals surface area (Å²) in [5.41, 5.74) is 1.23. The van der Waals surface area contributed by atoms with Crippen LogP contribution >= 0.6 is 0 Å². The van der Waals surface area contributed by atoms with Gasteiger partial charge in [-0.05, 0) is 35.9 Å². The number of amides is 1. The van der Waals surface area contributed by atoms with Crippen LogP contribution in [-0.4, -0.2) is 10.8 Å². The van der Waals surface area contributed by atoms with E-state index < -0.39 is 10.8 Å². The Kier molecular flexibility index (Phi) is 5.41. The number of carbonyl (C=O) groups excluding carboxylic acids is 1. The number of carbonyl (C=O) groups is 1. The van der Waals surface area contributed by atoms with Crippen molar-refractivity contribution in [3.8, 4) is 5.75 Å². The van der Waals surface area contributed by atoms with Crippen LogP contribution in [0.4, 0.5) is 15.8 Å². The van der Waals surface area contributed by atoms with Crippen molar-refractivity contribution in [2.24, 2.45) is 0 Å². The molecular weight excluding hydrogens is 351 g/mol. The third-order valence-corrected chi connectivity index (χ3v) is 3.75. The van der Waals surface area contributed by atoms with Crippen molar-refractivity contribution < 1.29 is 18.8 Å². The van der Waals surface area contributed by atoms with Gasteiger partial charge in [-0.2, -0.15) is 0 Å². The normalized spacial score (nSPS) is 10.3. The molecule has 136 valence electrons. The molecule has 0 unspecified atom stereocenters. The number of hydrogen-bond donors (Lipinski definition) is 1. The number of nitro benzene ring substituents is 1. The van der Waals surface area contributed by atoms with E-state index in [1.807, 2.05) is 0 Å². The van der Waals surface area contributed by atoms with Crippen molar-refractivity contribution in [3.63, 3.8) is 0 Å². The van der Waals surface area contributed by atoms with E-state index in [-0.39, 0.29) is 23.7 Å². The van der Waals surface area contributed by atoms with Crippen LogP contribution in [0.2, 0.25) is 0 Å². The molecule has 0 aromatic heterocycles. The molecule has 0 fully saturated rings. The van der Waals surface area contributed by atoms with Crippen LogP contribution < -0.4 is 10.1 Å². The second-order valence-electron chi connectivity index (χ2n) is 5.67. The Morgan fingerprint density at radius 1 is 1.04 bits per heavy atom. The Bertz CT molecular complexity index is 974. The Balaban J connectivity index is 1.74. The van der Waals surface area contributed by atoms with Crippen LogP contribution in [0.3, 0.4) is 0 Å². The molecule has 3 rings (SSSR count). The molecule has 0 saturated carbocycles. The summed E-state index contributed by atoms with van der Waals surface area (Å²) in [6.07, 6.45) is 0. The molecule has 3 aromatic rings. The quantitative estimate of drug-likeness (QED) is 0.512. The fourth-order valence-corrected chi connectivity index (χ4v) is 2.42. The first kappa shape index (κ1) is 18.1. The molecule has 0 saturated heterocycles. The summed E-state index contributed by atoms with van der Waals surface area (Å²) in [5.74, 6) is -0.439. The summed E-state index contributed by atoms with van der Waals surface area (Å²) in [6.45, 7) is 0.168. The molecule has 3 aromatic carbocycles. The van der Waals surface area contributed by atoms with E-state index in [1.54, 1.807) is 42.5 Å². The van der Waals surface area contributed by atoms with Gasteiger partial charge in [0.1, 0.15) is 18.2 Å². The summed E-state index contributed by atoms with van der Waals surface area (Å²) in [5, 5.41) is 13.5. The van der Waals surface area contributed by atoms with Crippen LogP contribution in [0.1, 0.15) is 15.9 Å². The van der Waals surface area contributed by atoms with E-state index in [9.17, 15) is 19.3 Å². The number of para-hydroxylation sites is 1. The lowest BCUT2D eigenvalue weighted by Gasteiger charge is -2.12. The van der Waals surface area contributed by atoms with Crippen molar-refractivity contribution in [2.45, 2.75) is 6.61 Å². The van der Waals surface area contributed by atoms with Gasteiger partial charge < -0.3 is 10.1 Å². The standard InChI is InChI=1S/C20H15FN2O4/c21-15-10-8-14(9-11-15)13-27-19-7-2-1-6-18(19)20(24)22-16-4-3-5-17(12-16)23(25)26/h1-12H,13H2,(H,22,24). The van der Waals surface area contributed by atoms with Crippen LogP contribution in [0.5, 0.6) is 5.75 Å². The van der Waals surface area contributed by atoms with Gasteiger partial charge in [0.25, 0.3) is 11.6 Å². The van der Waals surface area contributed by atoms with Gasteiger partial charge in [0, 0.05) is 17.8 Å². The van der Waals surface area contributed by atoms with E-state index in [1.165, 1.54) is 30.3 Å². The number of nitrogens with zero attached hydrogens (tertiary/aromatic N) is 1. The summed E-state index contributed by atoms with van der Waals surface area (Å²) >= 11 is 0. The summed E-state index contributed by atoms with van der Waals surface area (Å²) in [7, 11) is 0. The first-order chi connectivity index (χ1) is 13.0. The number of benzene rings is 3. The molecule has 0 aliphatic carbocycles. The predicted molar refractivity (Wildman–Crippen MR) is 98.2 cm³/mol. The second-order valence-corrected chi connectivity index (χ2v) is 5.67. The minimum atomic E-state index is -0.532. The third-order valence-electron chi connectivity index (χ3n) is 3.75. The number of anilines is 1. The van der Waals surface area contributed by atoms with Crippen LogP contribution in [-0.2, 0) is 6.61 Å². The molecule has 27 heavy (non-hydrogen) atoms. The molecule has 0 radical (unpaired) electrons. The topological polar surface area (TPSA) is 81.5 Å². The van der Waals surface area contributed by atoms with Gasteiger partial charge in [-0.3, -0.25) is 14.9 Å². The van der Waals surface area contributed by atoms with Crippen molar-refractivity contribution in [3.05, 3.63) is 99.9 Å². The molecule has 0 bridgehead atoms. The summed E-state index contributed by atoms with van der Waals surface area (Å²) < 4.78 is 18.7. The van der Waals surface area contributed by atoms with Gasteiger partial charge in [0.2, 0.25) is 0 Å². The Morgan fingerprint density at radius 2 is 1.78 bits per heavy atom. The third kappa shape index (κ3) is 4.66. The van der Waals surface area contributed by atoms with E-state index in [2.05, 4.69) is 5.32 Å². The minimum Gasteiger partial charge on any atom is -0.488 e. The molecule has 1 N–H and O–H groups in total. The van der Waals surface area contributed by atoms with Gasteiger partial charge in [0.05, 0.1) is 10.5 Å². The zero-order valence-electron chi connectivity index (χ0n) is 14.1. The average molecular weight is 366 g/mol. The fraction of sp³-hybridized carbons (Fsp3) is 0.0500. The lowest BCUT2D eigenvalue weighted by Crippen LogP contribution is -2.13. The molecule has 0 heterocycles. The van der Waals surface area contributed by atoms with Crippen LogP contribution in [0.15, 0.2) is 72.8 Å². The number of ether oxygens (including phenoxy) is 1. The Morgan fingerprint density at radius 3 is 2.52 bits per heavy atom. The maximum atomic E-state index is 13.0. The highest BCUT2D eigenvalue weighted by molar-refractivity contribution is 6.06. The lowest BCUT2D eigenvalue weighted by atomic mass is 10.1. The highest BCUT2D eigenvalue weighted by Crippen LogP contribution is 2.22. The Labute approximate surface area is 154 Å². The van der Waals surface area contributed by atoms with Crippen molar-refractivity contribution in [2.75, 3.05) is 5.32 Å². The van der Waals surface area contributed by atoms with E-state index in [4.69, 9.17) is 4.74 Å². The van der Waals surface area contributed by atoms with Crippen LogP contribution in [0.25, 0.3) is 0 Å². The zero-order chi connectivity index (χ0) is 19.2. The van der Waals surface area contributed by atoms with E-state index in [0.717, 1.165) is 5.56 Å². The maximum Gasteiger partial charge on any atom is 0.271 e. The van der Waals surface area contributed by atoms with Crippen LogP contribution in [0, 0.1) is 15.9 Å². The molecule has 0 aliphatic rings. The van der Waals surface area contributed by atoms with E-state index in [0.29, 0.717) is 11.4 Å². The number of hydrogen-bond acceptors (Lipinski definition) is 4. The Hall–Kier alpha value is -3.74. The number of rotatable bonds is 6. The van der Waals surface area contributed by atoms with Crippen molar-refractivity contribution in [1.82, 2.24) is 0 Å². The second kappa shape index (κ2) is 8.09. The molecule has 0 spiro atoms. The smallest absolute Gasteiger partial charge is 0.271 e. The number of halogens is 1. The summed E-state index contributed by atoms with van der Waals surface area (Å²) in [6, 6.07) is 18.2. The van der Waals surface area contributed by atoms with Gasteiger partial charge in [-0.25, -0.2) is 4.39 Å². The molecule has 0 aliphatic heterocycles. The highest BCUT2D eigenvalue weighted by atomic mass is 19.1. The molecule has 6 nitrogen and oxygen atoms in total. The number of nitro groups is 1. The van der Waals surface area contributed by atoms with Gasteiger partial charge >= 0.3 is 0 Å².